The molecule has 0 aromatic carbocycles. The maximum absolute atomic E-state index is 12.4. The van der Waals surface area contributed by atoms with Gasteiger partial charge in [-0.3, -0.25) is 9.97 Å². The van der Waals surface area contributed by atoms with Crippen LogP contribution in [0.5, 0.6) is 0 Å². The summed E-state index contributed by atoms with van der Waals surface area (Å²) in [5.41, 5.74) is 0.327. The molecule has 2 heterocycles. The summed E-state index contributed by atoms with van der Waals surface area (Å²) in [4.78, 5) is 7.67. The van der Waals surface area contributed by atoms with Crippen molar-refractivity contribution in [1.82, 2.24) is 9.97 Å². The number of hydrogen-bond acceptors (Lipinski definition) is 2. The monoisotopic (exact) mass is 242 g/mol. The third-order valence-corrected chi connectivity index (χ3v) is 2.14. The van der Waals surface area contributed by atoms with E-state index in [-0.39, 0.29) is 0 Å². The van der Waals surface area contributed by atoms with Gasteiger partial charge in [0.05, 0.1) is 11.1 Å². The van der Waals surface area contributed by atoms with Gasteiger partial charge in [-0.05, 0) is 19.1 Å². The lowest BCUT2D eigenvalue weighted by Crippen LogP contribution is -2.05. The largest absolute Gasteiger partial charge is 0.417 e. The molecule has 2 aromatic heterocycles. The summed E-state index contributed by atoms with van der Waals surface area (Å²) >= 11 is 0. The molecule has 0 spiro atoms. The fraction of sp³-hybridized carbons (Fsp3) is 0.333. The van der Waals surface area contributed by atoms with Crippen molar-refractivity contribution >= 4 is 10.9 Å². The van der Waals surface area contributed by atoms with Crippen LogP contribution in [0, 0.1) is 6.92 Å². The number of hydrogen-bond donors (Lipinski definition) is 0. The van der Waals surface area contributed by atoms with Crippen molar-refractivity contribution in [2.45, 2.75) is 26.9 Å². The van der Waals surface area contributed by atoms with Crippen molar-refractivity contribution in [2.24, 2.45) is 0 Å². The summed E-state index contributed by atoms with van der Waals surface area (Å²) in [5.74, 6) is 0. The van der Waals surface area contributed by atoms with E-state index >= 15 is 0 Å². The molecular formula is C12H13F3N2. The third kappa shape index (κ3) is 2.93. The average Bonchev–Trinajstić information content (AvgIpc) is 2.30. The van der Waals surface area contributed by atoms with Gasteiger partial charge in [-0.15, -0.1) is 0 Å². The molecule has 2 rings (SSSR count). The summed E-state index contributed by atoms with van der Waals surface area (Å²) in [6, 6.07) is 2.66. The zero-order chi connectivity index (χ0) is 13.1. The molecule has 92 valence electrons. The van der Waals surface area contributed by atoms with E-state index in [9.17, 15) is 13.2 Å². The highest BCUT2D eigenvalue weighted by molar-refractivity contribution is 5.80. The fourth-order valence-electron chi connectivity index (χ4n) is 1.34. The number of alkyl halides is 3. The summed E-state index contributed by atoms with van der Waals surface area (Å²) in [7, 11) is 0. The molecule has 5 heteroatoms. The van der Waals surface area contributed by atoms with Crippen LogP contribution in [0.25, 0.3) is 10.9 Å². The zero-order valence-corrected chi connectivity index (χ0v) is 9.84. The lowest BCUT2D eigenvalue weighted by Gasteiger charge is -2.07. The second kappa shape index (κ2) is 5.12. The second-order valence-corrected chi connectivity index (χ2v) is 3.18. The van der Waals surface area contributed by atoms with Crippen LogP contribution < -0.4 is 0 Å². The summed E-state index contributed by atoms with van der Waals surface area (Å²) in [5, 5.41) is 0.437. The Morgan fingerprint density at radius 3 is 2.35 bits per heavy atom. The van der Waals surface area contributed by atoms with Crippen molar-refractivity contribution in [3.05, 3.63) is 35.8 Å². The number of fused-ring (bicyclic) bond motifs is 1. The first kappa shape index (κ1) is 13.4. The molecule has 0 radical (unpaired) electrons. The van der Waals surface area contributed by atoms with Crippen molar-refractivity contribution in [1.29, 1.82) is 0 Å². The Morgan fingerprint density at radius 2 is 1.76 bits per heavy atom. The zero-order valence-electron chi connectivity index (χ0n) is 9.84. The van der Waals surface area contributed by atoms with E-state index in [0.29, 0.717) is 16.6 Å². The van der Waals surface area contributed by atoms with Crippen LogP contribution in [0.1, 0.15) is 25.1 Å². The predicted molar refractivity (Wildman–Crippen MR) is 60.6 cm³/mol. The topological polar surface area (TPSA) is 25.8 Å². The molecule has 0 unspecified atom stereocenters. The Balaban J connectivity index is 0.000000686. The first-order valence-corrected chi connectivity index (χ1v) is 5.27. The quantitative estimate of drug-likeness (QED) is 0.698. The van der Waals surface area contributed by atoms with Gasteiger partial charge in [0.25, 0.3) is 0 Å². The molecule has 0 aliphatic carbocycles. The van der Waals surface area contributed by atoms with Gasteiger partial charge in [-0.2, -0.15) is 13.2 Å². The molecular weight excluding hydrogens is 229 g/mol. The van der Waals surface area contributed by atoms with E-state index < -0.39 is 11.7 Å². The molecule has 0 aliphatic rings. The molecule has 2 nitrogen and oxygen atoms in total. The minimum absolute atomic E-state index is 0.437. The number of aromatic nitrogens is 2. The SMILES string of the molecule is CC.Cc1nccc2ncc(C(F)(F)F)cc12. The standard InChI is InChI=1S/C10H7F3N2.C2H6/c1-6-8-4-7(10(11,12)13)5-15-9(8)2-3-14-6;1-2/h2-5H,1H3;1-2H3. The Hall–Kier alpha value is -1.65. The van der Waals surface area contributed by atoms with E-state index in [4.69, 9.17) is 0 Å². The van der Waals surface area contributed by atoms with Gasteiger partial charge >= 0.3 is 6.18 Å². The minimum Gasteiger partial charge on any atom is -0.261 e. The van der Waals surface area contributed by atoms with E-state index in [1.807, 2.05) is 13.8 Å². The molecule has 0 fully saturated rings. The number of pyridine rings is 2. The minimum atomic E-state index is -4.36. The molecule has 0 amide bonds. The fourth-order valence-corrected chi connectivity index (χ4v) is 1.34. The molecule has 0 N–H and O–H groups in total. The highest BCUT2D eigenvalue weighted by Gasteiger charge is 2.31. The molecule has 0 aliphatic heterocycles. The van der Waals surface area contributed by atoms with Crippen LogP contribution in [0.15, 0.2) is 24.5 Å². The summed E-state index contributed by atoms with van der Waals surface area (Å²) in [6.07, 6.45) is -2.00. The van der Waals surface area contributed by atoms with E-state index in [1.165, 1.54) is 6.20 Å². The molecule has 2 aromatic rings. The lowest BCUT2D eigenvalue weighted by atomic mass is 10.1. The summed E-state index contributed by atoms with van der Waals surface area (Å²) < 4.78 is 37.2. The Labute approximate surface area is 97.5 Å². The van der Waals surface area contributed by atoms with Crippen LogP contribution in [0.3, 0.4) is 0 Å². The van der Waals surface area contributed by atoms with E-state index in [1.54, 1.807) is 13.0 Å². The molecule has 0 saturated heterocycles. The number of aryl methyl sites for hydroxylation is 1. The van der Waals surface area contributed by atoms with Crippen LogP contribution in [0.4, 0.5) is 13.2 Å². The van der Waals surface area contributed by atoms with Gasteiger partial charge in [-0.25, -0.2) is 0 Å². The van der Waals surface area contributed by atoms with Gasteiger partial charge in [0.2, 0.25) is 0 Å². The highest BCUT2D eigenvalue weighted by atomic mass is 19.4. The maximum atomic E-state index is 12.4. The first-order valence-electron chi connectivity index (χ1n) is 5.27. The Morgan fingerprint density at radius 1 is 1.12 bits per heavy atom. The summed E-state index contributed by atoms with van der Waals surface area (Å²) in [6.45, 7) is 5.66. The van der Waals surface area contributed by atoms with E-state index in [2.05, 4.69) is 9.97 Å². The van der Waals surface area contributed by atoms with Crippen LogP contribution in [-0.2, 0) is 6.18 Å². The smallest absolute Gasteiger partial charge is 0.261 e. The second-order valence-electron chi connectivity index (χ2n) is 3.18. The van der Waals surface area contributed by atoms with Crippen molar-refractivity contribution in [3.8, 4) is 0 Å². The molecule has 0 atom stereocenters. The molecule has 17 heavy (non-hydrogen) atoms. The van der Waals surface area contributed by atoms with Crippen LogP contribution in [-0.4, -0.2) is 9.97 Å². The van der Waals surface area contributed by atoms with Crippen molar-refractivity contribution < 1.29 is 13.2 Å². The Bertz CT molecular complexity index is 507. The van der Waals surface area contributed by atoms with Gasteiger partial charge in [0, 0.05) is 23.5 Å². The third-order valence-electron chi connectivity index (χ3n) is 2.14. The number of halogens is 3. The molecule has 0 bridgehead atoms. The number of rotatable bonds is 0. The molecule has 0 saturated carbocycles. The van der Waals surface area contributed by atoms with Crippen molar-refractivity contribution in [2.75, 3.05) is 0 Å². The highest BCUT2D eigenvalue weighted by Crippen LogP contribution is 2.30. The maximum Gasteiger partial charge on any atom is 0.417 e. The normalized spacial score (nSPS) is 10.9. The van der Waals surface area contributed by atoms with Gasteiger partial charge < -0.3 is 0 Å². The van der Waals surface area contributed by atoms with Crippen LogP contribution >= 0.6 is 0 Å². The van der Waals surface area contributed by atoms with Gasteiger partial charge in [0.1, 0.15) is 0 Å². The van der Waals surface area contributed by atoms with Gasteiger partial charge in [-0.1, -0.05) is 13.8 Å². The Kier molecular flexibility index (Phi) is 4.04. The van der Waals surface area contributed by atoms with E-state index in [0.717, 1.165) is 12.3 Å². The van der Waals surface area contributed by atoms with Gasteiger partial charge in [0.15, 0.2) is 0 Å². The predicted octanol–water partition coefficient (Wildman–Crippen LogP) is 3.98. The lowest BCUT2D eigenvalue weighted by molar-refractivity contribution is -0.137. The average molecular weight is 242 g/mol. The first-order chi connectivity index (χ1) is 7.98. The van der Waals surface area contributed by atoms with Crippen LogP contribution in [0.2, 0.25) is 0 Å². The van der Waals surface area contributed by atoms with Crippen molar-refractivity contribution in [3.63, 3.8) is 0 Å². The number of nitrogens with zero attached hydrogens (tertiary/aromatic N) is 2.